The monoisotopic (exact) mass is 372 g/mol. The Balaban J connectivity index is 2.02. The van der Waals surface area contributed by atoms with Crippen LogP contribution in [0.1, 0.15) is 29.4 Å². The molecule has 1 heterocycles. The molecule has 0 radical (unpaired) electrons. The van der Waals surface area contributed by atoms with Gasteiger partial charge in [-0.1, -0.05) is 36.7 Å². The Kier molecular flexibility index (Phi) is 4.61. The van der Waals surface area contributed by atoms with Crippen molar-refractivity contribution in [3.05, 3.63) is 64.8 Å². The molecule has 0 saturated heterocycles. The van der Waals surface area contributed by atoms with Crippen molar-refractivity contribution in [2.45, 2.75) is 18.9 Å². The first kappa shape index (κ1) is 17.8. The van der Waals surface area contributed by atoms with Crippen LogP contribution < -0.4 is 5.32 Å². The number of aromatic hydroxyl groups is 1. The van der Waals surface area contributed by atoms with Crippen molar-refractivity contribution < 1.29 is 19.8 Å². The molecule has 0 aliphatic heterocycles. The van der Waals surface area contributed by atoms with Gasteiger partial charge in [0.05, 0.1) is 0 Å². The molecule has 6 nitrogen and oxygen atoms in total. The number of aromatic nitrogens is 1. The average Bonchev–Trinajstić information content (AvgIpc) is 3.03. The zero-order chi connectivity index (χ0) is 18.9. The maximum Gasteiger partial charge on any atom is 0.334 e. The summed E-state index contributed by atoms with van der Waals surface area (Å²) in [4.78, 5) is 27.7. The lowest BCUT2D eigenvalue weighted by Crippen LogP contribution is -2.51. The molecule has 0 aliphatic carbocycles. The second-order valence-corrected chi connectivity index (χ2v) is 6.39. The zero-order valence-corrected chi connectivity index (χ0v) is 14.7. The summed E-state index contributed by atoms with van der Waals surface area (Å²) in [5.41, 5.74) is -0.712. The Labute approximate surface area is 154 Å². The highest BCUT2D eigenvalue weighted by atomic mass is 35.5. The number of hydrogen-bond acceptors (Lipinski definition) is 3. The van der Waals surface area contributed by atoms with E-state index in [-0.39, 0.29) is 23.4 Å². The van der Waals surface area contributed by atoms with Crippen LogP contribution in [-0.4, -0.2) is 27.1 Å². The Morgan fingerprint density at radius 3 is 2.58 bits per heavy atom. The molecule has 26 heavy (non-hydrogen) atoms. The number of carbonyl (C=O) groups is 2. The van der Waals surface area contributed by atoms with E-state index in [1.165, 1.54) is 12.1 Å². The summed E-state index contributed by atoms with van der Waals surface area (Å²) in [6, 6.07) is 12.8. The predicted molar refractivity (Wildman–Crippen MR) is 98.5 cm³/mol. The maximum atomic E-state index is 12.7. The number of carboxylic acids is 1. The Morgan fingerprint density at radius 2 is 1.92 bits per heavy atom. The van der Waals surface area contributed by atoms with Crippen molar-refractivity contribution in [2.24, 2.45) is 0 Å². The number of aromatic amines is 1. The maximum absolute atomic E-state index is 12.7. The first-order chi connectivity index (χ1) is 12.4. The highest BCUT2D eigenvalue weighted by Gasteiger charge is 2.42. The highest BCUT2D eigenvalue weighted by Crippen LogP contribution is 2.33. The molecule has 134 valence electrons. The number of benzene rings is 2. The van der Waals surface area contributed by atoms with Gasteiger partial charge in [-0.3, -0.25) is 4.79 Å². The minimum atomic E-state index is -1.75. The van der Waals surface area contributed by atoms with Crippen LogP contribution in [-0.2, 0) is 10.3 Å². The number of fused-ring (bicyclic) bond motifs is 1. The zero-order valence-electron chi connectivity index (χ0n) is 13.9. The van der Waals surface area contributed by atoms with Gasteiger partial charge in [0.1, 0.15) is 11.4 Å². The first-order valence-corrected chi connectivity index (χ1v) is 8.38. The normalized spacial score (nSPS) is 13.3. The fourth-order valence-corrected chi connectivity index (χ4v) is 3.17. The van der Waals surface area contributed by atoms with Crippen molar-refractivity contribution in [3.63, 3.8) is 0 Å². The molecule has 0 spiro atoms. The van der Waals surface area contributed by atoms with Crippen LogP contribution in [0, 0.1) is 0 Å². The first-order valence-electron chi connectivity index (χ1n) is 8.00. The van der Waals surface area contributed by atoms with Gasteiger partial charge in [0, 0.05) is 21.5 Å². The van der Waals surface area contributed by atoms with Crippen molar-refractivity contribution in [2.75, 3.05) is 0 Å². The second kappa shape index (κ2) is 6.72. The highest BCUT2D eigenvalue weighted by molar-refractivity contribution is 6.31. The smallest absolute Gasteiger partial charge is 0.334 e. The standard InChI is InChI=1S/C19H17ClN2O4/c1-2-19(18(25)26,13-5-3-4-6-16(13)23)22-17(24)15-10-11-9-12(20)7-8-14(11)21-15/h3-10,21,23H,2H2,1H3,(H,22,24)(H,25,26). The lowest BCUT2D eigenvalue weighted by molar-refractivity contribution is -0.145. The van der Waals surface area contributed by atoms with Crippen LogP contribution in [0.3, 0.4) is 0 Å². The lowest BCUT2D eigenvalue weighted by atomic mass is 9.86. The molecule has 3 aromatic rings. The fourth-order valence-electron chi connectivity index (χ4n) is 2.99. The van der Waals surface area contributed by atoms with Crippen LogP contribution in [0.15, 0.2) is 48.5 Å². The summed E-state index contributed by atoms with van der Waals surface area (Å²) in [5, 5.41) is 23.8. The number of phenolic OH excluding ortho intramolecular Hbond substituents is 1. The van der Waals surface area contributed by atoms with Crippen molar-refractivity contribution >= 4 is 34.4 Å². The van der Waals surface area contributed by atoms with E-state index in [0.29, 0.717) is 10.5 Å². The molecule has 0 aliphatic rings. The Morgan fingerprint density at radius 1 is 1.19 bits per heavy atom. The molecule has 2 aromatic carbocycles. The van der Waals surface area contributed by atoms with E-state index in [0.717, 1.165) is 5.39 Å². The van der Waals surface area contributed by atoms with Gasteiger partial charge in [-0.25, -0.2) is 4.79 Å². The number of carboxylic acid groups (broad SMARTS) is 1. The topological polar surface area (TPSA) is 102 Å². The number of phenols is 1. The second-order valence-electron chi connectivity index (χ2n) is 5.95. The third kappa shape index (κ3) is 2.99. The van der Waals surface area contributed by atoms with Gasteiger partial charge in [-0.05, 0) is 36.8 Å². The third-order valence-corrected chi connectivity index (χ3v) is 4.65. The number of rotatable bonds is 5. The quantitative estimate of drug-likeness (QED) is 0.549. The molecular formula is C19H17ClN2O4. The van der Waals surface area contributed by atoms with Gasteiger partial charge in [-0.2, -0.15) is 0 Å². The summed E-state index contributed by atoms with van der Waals surface area (Å²) < 4.78 is 0. The van der Waals surface area contributed by atoms with Crippen LogP contribution in [0.2, 0.25) is 5.02 Å². The molecule has 4 N–H and O–H groups in total. The van der Waals surface area contributed by atoms with E-state index >= 15 is 0 Å². The fraction of sp³-hybridized carbons (Fsp3) is 0.158. The molecule has 0 fully saturated rings. The molecule has 3 rings (SSSR count). The summed E-state index contributed by atoms with van der Waals surface area (Å²) in [6.45, 7) is 1.63. The summed E-state index contributed by atoms with van der Waals surface area (Å²) in [5.74, 6) is -2.04. The summed E-state index contributed by atoms with van der Waals surface area (Å²) in [7, 11) is 0. The van der Waals surface area contributed by atoms with Crippen LogP contribution in [0.5, 0.6) is 5.75 Å². The number of hydrogen-bond donors (Lipinski definition) is 4. The largest absolute Gasteiger partial charge is 0.508 e. The minimum absolute atomic E-state index is 0.0533. The minimum Gasteiger partial charge on any atom is -0.508 e. The van der Waals surface area contributed by atoms with Crippen LogP contribution >= 0.6 is 11.6 Å². The van der Waals surface area contributed by atoms with E-state index in [1.807, 2.05) is 0 Å². The van der Waals surface area contributed by atoms with Crippen molar-refractivity contribution in [3.8, 4) is 5.75 Å². The van der Waals surface area contributed by atoms with Crippen molar-refractivity contribution in [1.82, 2.24) is 10.3 Å². The van der Waals surface area contributed by atoms with Crippen LogP contribution in [0.4, 0.5) is 0 Å². The molecule has 1 atom stereocenters. The summed E-state index contributed by atoms with van der Waals surface area (Å²) >= 11 is 5.96. The lowest BCUT2D eigenvalue weighted by Gasteiger charge is -2.30. The van der Waals surface area contributed by atoms with E-state index in [2.05, 4.69) is 10.3 Å². The van der Waals surface area contributed by atoms with Crippen LogP contribution in [0.25, 0.3) is 10.9 Å². The van der Waals surface area contributed by atoms with E-state index in [4.69, 9.17) is 11.6 Å². The average molecular weight is 373 g/mol. The summed E-state index contributed by atoms with van der Waals surface area (Å²) in [6.07, 6.45) is 0.0533. The predicted octanol–water partition coefficient (Wildman–Crippen LogP) is 3.65. The van der Waals surface area contributed by atoms with E-state index in [9.17, 15) is 19.8 Å². The number of carbonyl (C=O) groups excluding carboxylic acids is 1. The van der Waals surface area contributed by atoms with Crippen molar-refractivity contribution in [1.29, 1.82) is 0 Å². The number of H-pyrrole nitrogens is 1. The molecular weight excluding hydrogens is 356 g/mol. The van der Waals surface area contributed by atoms with Gasteiger partial charge < -0.3 is 20.5 Å². The molecule has 7 heteroatoms. The molecule has 1 aromatic heterocycles. The molecule has 1 unspecified atom stereocenters. The molecule has 0 bridgehead atoms. The number of nitrogens with one attached hydrogen (secondary N) is 2. The van der Waals surface area contributed by atoms with E-state index < -0.39 is 17.4 Å². The number of aliphatic carboxylic acids is 1. The molecule has 1 amide bonds. The SMILES string of the molecule is CCC(NC(=O)c1cc2cc(Cl)ccc2[nH]1)(C(=O)O)c1ccccc1O. The number of amides is 1. The van der Waals surface area contributed by atoms with Gasteiger partial charge in [0.2, 0.25) is 0 Å². The van der Waals surface area contributed by atoms with Gasteiger partial charge >= 0.3 is 5.97 Å². The number of halogens is 1. The Hall–Kier alpha value is -2.99. The van der Waals surface area contributed by atoms with Gasteiger partial charge in [0.25, 0.3) is 5.91 Å². The van der Waals surface area contributed by atoms with Gasteiger partial charge in [-0.15, -0.1) is 0 Å². The van der Waals surface area contributed by atoms with Gasteiger partial charge in [0.15, 0.2) is 5.54 Å². The third-order valence-electron chi connectivity index (χ3n) is 4.41. The van der Waals surface area contributed by atoms with E-state index in [1.54, 1.807) is 43.3 Å². The number of para-hydroxylation sites is 1. The molecule has 0 saturated carbocycles. The Bertz CT molecular complexity index is 998.